The Morgan fingerprint density at radius 1 is 1.10 bits per heavy atom. The Labute approximate surface area is 184 Å². The monoisotopic (exact) mass is 440 g/mol. The smallest absolute Gasteiger partial charge is 0.142 e. The van der Waals surface area contributed by atoms with Gasteiger partial charge in [-0.2, -0.15) is 0 Å². The van der Waals surface area contributed by atoms with Crippen molar-refractivity contribution in [3.05, 3.63) is 46.7 Å². The maximum atomic E-state index is 10.8. The van der Waals surface area contributed by atoms with Crippen molar-refractivity contribution in [1.82, 2.24) is 15.0 Å². The number of nitrogens with zero attached hydrogens (tertiary/aromatic N) is 4. The second-order valence-electron chi connectivity index (χ2n) is 8.47. The lowest BCUT2D eigenvalue weighted by atomic mass is 9.95. The number of aliphatic hydroxyl groups is 2. The highest BCUT2D eigenvalue weighted by molar-refractivity contribution is 6.33. The molecule has 4 atom stereocenters. The maximum Gasteiger partial charge on any atom is 0.142 e. The third-order valence-electron chi connectivity index (χ3n) is 6.67. The molecule has 0 amide bonds. The first kappa shape index (κ1) is 20.2. The standard InChI is InChI=1S/C22H25ClN6O2/c23-15-8-12-3-1-11(7-16(12)28-21(15)25)2-4-13-9-17(19(31)18(13)30)29-6-5-14-20(24)26-10-27-22(14)29/h1,3,7-8,10,13,17-19,30-31H,2,4-6,9H2,(H2,25,28)(H2,24,26,27)/t13-,17+,18+,19-/m0/s1. The van der Waals surface area contributed by atoms with Gasteiger partial charge in [-0.3, -0.25) is 0 Å². The lowest BCUT2D eigenvalue weighted by Gasteiger charge is -2.28. The van der Waals surface area contributed by atoms with E-state index in [0.717, 1.165) is 53.7 Å². The fourth-order valence-electron chi connectivity index (χ4n) is 4.97. The molecule has 2 aliphatic rings. The highest BCUT2D eigenvalue weighted by Gasteiger charge is 2.45. The first-order chi connectivity index (χ1) is 14.9. The number of nitrogens with two attached hydrogens (primary N) is 2. The molecule has 1 aliphatic heterocycles. The molecule has 3 aromatic rings. The summed E-state index contributed by atoms with van der Waals surface area (Å²) in [6.45, 7) is 0.722. The minimum atomic E-state index is -0.827. The Morgan fingerprint density at radius 2 is 1.94 bits per heavy atom. The van der Waals surface area contributed by atoms with Crippen molar-refractivity contribution in [3.63, 3.8) is 0 Å². The SMILES string of the molecule is Nc1nc2cc(CC[C@H]3C[C@@H](N4CCc5c(N)ncnc54)[C@H](O)[C@@H]3O)ccc2cc1Cl. The molecule has 0 bridgehead atoms. The van der Waals surface area contributed by atoms with Crippen molar-refractivity contribution in [1.29, 1.82) is 0 Å². The number of aromatic nitrogens is 3. The molecule has 1 fully saturated rings. The molecule has 1 saturated carbocycles. The van der Waals surface area contributed by atoms with Gasteiger partial charge in [0.2, 0.25) is 0 Å². The minimum Gasteiger partial charge on any atom is -0.390 e. The molecule has 1 aliphatic carbocycles. The summed E-state index contributed by atoms with van der Waals surface area (Å²) in [6.07, 6.45) is 2.83. The van der Waals surface area contributed by atoms with Crippen LogP contribution in [-0.2, 0) is 12.8 Å². The van der Waals surface area contributed by atoms with Crippen LogP contribution in [0.4, 0.5) is 17.5 Å². The number of nitrogen functional groups attached to an aromatic ring is 2. The van der Waals surface area contributed by atoms with Gasteiger partial charge in [0.15, 0.2) is 0 Å². The Hall–Kier alpha value is -2.68. The Balaban J connectivity index is 1.30. The van der Waals surface area contributed by atoms with Gasteiger partial charge < -0.3 is 26.6 Å². The van der Waals surface area contributed by atoms with E-state index in [1.54, 1.807) is 0 Å². The van der Waals surface area contributed by atoms with E-state index in [9.17, 15) is 10.2 Å². The average molecular weight is 441 g/mol. The van der Waals surface area contributed by atoms with E-state index in [1.807, 2.05) is 24.3 Å². The van der Waals surface area contributed by atoms with Crippen LogP contribution in [-0.4, -0.2) is 50.0 Å². The van der Waals surface area contributed by atoms with Crippen molar-refractivity contribution in [2.45, 2.75) is 43.9 Å². The Kier molecular flexibility index (Phi) is 5.08. The van der Waals surface area contributed by atoms with Crippen molar-refractivity contribution >= 4 is 40.0 Å². The van der Waals surface area contributed by atoms with E-state index in [-0.39, 0.29) is 12.0 Å². The zero-order valence-electron chi connectivity index (χ0n) is 16.9. The molecule has 1 aromatic carbocycles. The number of benzene rings is 1. The summed E-state index contributed by atoms with van der Waals surface area (Å²) in [5, 5.41) is 22.9. The van der Waals surface area contributed by atoms with Crippen LogP contribution in [0.3, 0.4) is 0 Å². The summed E-state index contributed by atoms with van der Waals surface area (Å²) in [4.78, 5) is 14.9. The summed E-state index contributed by atoms with van der Waals surface area (Å²) in [5.41, 5.74) is 14.7. The largest absolute Gasteiger partial charge is 0.390 e. The molecule has 6 N–H and O–H groups in total. The fraction of sp³-hybridized carbons (Fsp3) is 0.409. The maximum absolute atomic E-state index is 10.8. The van der Waals surface area contributed by atoms with Gasteiger partial charge in [0.1, 0.15) is 29.9 Å². The normalized spacial score (nSPS) is 25.3. The molecule has 0 saturated heterocycles. The summed E-state index contributed by atoms with van der Waals surface area (Å²) >= 11 is 6.05. The highest BCUT2D eigenvalue weighted by Crippen LogP contribution is 2.39. The summed E-state index contributed by atoms with van der Waals surface area (Å²) < 4.78 is 0. The second-order valence-corrected chi connectivity index (χ2v) is 8.88. The fourth-order valence-corrected chi connectivity index (χ4v) is 5.13. The Morgan fingerprint density at radius 3 is 2.77 bits per heavy atom. The number of anilines is 3. The predicted molar refractivity (Wildman–Crippen MR) is 121 cm³/mol. The van der Waals surface area contributed by atoms with Crippen molar-refractivity contribution in [2.75, 3.05) is 22.9 Å². The van der Waals surface area contributed by atoms with E-state index in [2.05, 4.69) is 19.9 Å². The van der Waals surface area contributed by atoms with Crippen LogP contribution in [0.25, 0.3) is 10.9 Å². The van der Waals surface area contributed by atoms with Crippen LogP contribution in [0.1, 0.15) is 24.0 Å². The van der Waals surface area contributed by atoms with Gasteiger partial charge in [-0.1, -0.05) is 23.7 Å². The molecular formula is C22H25ClN6O2. The van der Waals surface area contributed by atoms with Crippen molar-refractivity contribution < 1.29 is 10.2 Å². The van der Waals surface area contributed by atoms with Crippen LogP contribution in [0.15, 0.2) is 30.6 Å². The third kappa shape index (κ3) is 3.54. The minimum absolute atomic E-state index is 0.0119. The van der Waals surface area contributed by atoms with Crippen LogP contribution in [0.2, 0.25) is 5.02 Å². The van der Waals surface area contributed by atoms with Crippen LogP contribution in [0.5, 0.6) is 0 Å². The molecule has 0 unspecified atom stereocenters. The molecule has 162 valence electrons. The summed E-state index contributed by atoms with van der Waals surface area (Å²) in [7, 11) is 0. The molecule has 8 nitrogen and oxygen atoms in total. The van der Waals surface area contributed by atoms with Gasteiger partial charge >= 0.3 is 0 Å². The number of pyridine rings is 1. The van der Waals surface area contributed by atoms with Gasteiger partial charge in [0.25, 0.3) is 0 Å². The average Bonchev–Trinajstić information content (AvgIpc) is 3.30. The predicted octanol–water partition coefficient (Wildman–Crippen LogP) is 1.95. The lowest BCUT2D eigenvalue weighted by molar-refractivity contribution is 0.0131. The van der Waals surface area contributed by atoms with Gasteiger partial charge in [-0.15, -0.1) is 0 Å². The van der Waals surface area contributed by atoms with Gasteiger partial charge in [0, 0.05) is 17.5 Å². The zero-order chi connectivity index (χ0) is 21.7. The van der Waals surface area contributed by atoms with E-state index < -0.39 is 12.2 Å². The number of rotatable bonds is 4. The molecule has 2 aromatic heterocycles. The lowest BCUT2D eigenvalue weighted by Crippen LogP contribution is -2.43. The van der Waals surface area contributed by atoms with E-state index in [0.29, 0.717) is 23.1 Å². The summed E-state index contributed by atoms with van der Waals surface area (Å²) in [5.74, 6) is 1.58. The van der Waals surface area contributed by atoms with Crippen LogP contribution in [0, 0.1) is 5.92 Å². The van der Waals surface area contributed by atoms with Crippen LogP contribution >= 0.6 is 11.6 Å². The molecule has 3 heterocycles. The van der Waals surface area contributed by atoms with E-state index in [4.69, 9.17) is 23.1 Å². The van der Waals surface area contributed by atoms with Crippen LogP contribution < -0.4 is 16.4 Å². The van der Waals surface area contributed by atoms with Gasteiger partial charge in [-0.05, 0) is 49.3 Å². The van der Waals surface area contributed by atoms with E-state index in [1.165, 1.54) is 6.33 Å². The number of hydrogen-bond donors (Lipinski definition) is 4. The van der Waals surface area contributed by atoms with Gasteiger partial charge in [-0.25, -0.2) is 15.0 Å². The molecule has 9 heteroatoms. The Bertz CT molecular complexity index is 1140. The summed E-state index contributed by atoms with van der Waals surface area (Å²) in [6, 6.07) is 7.66. The quantitative estimate of drug-likeness (QED) is 0.483. The van der Waals surface area contributed by atoms with Crippen molar-refractivity contribution in [2.24, 2.45) is 5.92 Å². The number of halogens is 1. The topological polar surface area (TPSA) is 134 Å². The molecule has 0 spiro atoms. The number of aryl methyl sites for hydroxylation is 1. The molecule has 5 rings (SSSR count). The molecule has 0 radical (unpaired) electrons. The third-order valence-corrected chi connectivity index (χ3v) is 6.97. The number of aliphatic hydroxyl groups excluding tert-OH is 2. The van der Waals surface area contributed by atoms with Crippen molar-refractivity contribution in [3.8, 4) is 0 Å². The molecule has 31 heavy (non-hydrogen) atoms. The number of fused-ring (bicyclic) bond motifs is 2. The highest BCUT2D eigenvalue weighted by atomic mass is 35.5. The van der Waals surface area contributed by atoms with E-state index >= 15 is 0 Å². The molecular weight excluding hydrogens is 416 g/mol. The second kappa shape index (κ2) is 7.78. The zero-order valence-corrected chi connectivity index (χ0v) is 17.7. The number of hydrogen-bond acceptors (Lipinski definition) is 8. The van der Waals surface area contributed by atoms with Gasteiger partial charge in [0.05, 0.1) is 22.7 Å². The first-order valence-corrected chi connectivity index (χ1v) is 10.9. The first-order valence-electron chi connectivity index (χ1n) is 10.5.